The van der Waals surface area contributed by atoms with Gasteiger partial charge in [-0.2, -0.15) is 0 Å². The molecule has 1 fully saturated rings. The minimum Gasteiger partial charge on any atom is -0.378 e. The number of aromatic nitrogens is 4. The monoisotopic (exact) mass is 709 g/mol. The van der Waals surface area contributed by atoms with Gasteiger partial charge in [-0.1, -0.05) is 47.5 Å². The van der Waals surface area contributed by atoms with Crippen LogP contribution in [0.1, 0.15) is 10.4 Å². The molecule has 6 aromatic rings. The number of pyridine rings is 1. The third-order valence-electron chi connectivity index (χ3n) is 7.74. The van der Waals surface area contributed by atoms with Gasteiger partial charge in [0.2, 0.25) is 0 Å². The molecular formula is C32H23Cl2F2N7O4S. The number of para-hydroxylation sites is 1. The van der Waals surface area contributed by atoms with Crippen molar-refractivity contribution in [3.05, 3.63) is 106 Å². The van der Waals surface area contributed by atoms with Crippen LogP contribution in [0.5, 0.6) is 0 Å². The Morgan fingerprint density at radius 1 is 0.938 bits per heavy atom. The zero-order valence-electron chi connectivity index (χ0n) is 24.6. The standard InChI is InChI=1S/C32H23Cl2F2N7O4S/c33-20-5-3-7-25(27(20)34)48(45,46)41-22-9-8-21(35)29(28(22)36)40-31-30-23(37-17-38-31)10-11-26(39-30)43-16-19(18-4-1-2-6-24(18)43)32(44)42-12-14-47-15-13-42/h1-11,16-17,41H,12-15H2,(H,37,38,40). The zero-order chi connectivity index (χ0) is 33.6. The lowest BCUT2D eigenvalue weighted by Gasteiger charge is -2.26. The molecule has 0 radical (unpaired) electrons. The number of hydrogen-bond donors (Lipinski definition) is 2. The van der Waals surface area contributed by atoms with Crippen molar-refractivity contribution in [2.75, 3.05) is 36.3 Å². The summed E-state index contributed by atoms with van der Waals surface area (Å²) in [6, 6.07) is 16.5. The van der Waals surface area contributed by atoms with Gasteiger partial charge in [0.15, 0.2) is 11.6 Å². The van der Waals surface area contributed by atoms with Crippen LogP contribution in [0.4, 0.5) is 26.0 Å². The van der Waals surface area contributed by atoms with E-state index in [0.717, 1.165) is 17.5 Å². The smallest absolute Gasteiger partial charge is 0.263 e. The van der Waals surface area contributed by atoms with Crippen LogP contribution in [0.15, 0.2) is 84.1 Å². The SMILES string of the molecule is O=C(c1cn(-c2ccc3ncnc(Nc4c(F)ccc(NS(=O)(=O)c5cccc(Cl)c5Cl)c4F)c3n2)c2ccccc12)N1CCOCC1. The summed E-state index contributed by atoms with van der Waals surface area (Å²) >= 11 is 12.0. The maximum absolute atomic E-state index is 15.8. The minimum atomic E-state index is -4.42. The summed E-state index contributed by atoms with van der Waals surface area (Å²) < 4.78 is 66.3. The highest BCUT2D eigenvalue weighted by Crippen LogP contribution is 2.34. The molecule has 1 aliphatic rings. The second-order valence-electron chi connectivity index (χ2n) is 10.7. The number of carbonyl (C=O) groups excluding carboxylic acids is 1. The Labute approximate surface area is 282 Å². The Hall–Kier alpha value is -4.89. The van der Waals surface area contributed by atoms with Gasteiger partial charge in [0.1, 0.15) is 34.1 Å². The molecule has 0 bridgehead atoms. The molecule has 0 saturated carbocycles. The summed E-state index contributed by atoms with van der Waals surface area (Å²) in [5, 5.41) is 3.08. The van der Waals surface area contributed by atoms with Crippen LogP contribution < -0.4 is 10.0 Å². The quantitative estimate of drug-likeness (QED) is 0.190. The Kier molecular flexibility index (Phi) is 8.33. The highest BCUT2D eigenvalue weighted by Gasteiger charge is 2.25. The van der Waals surface area contributed by atoms with Gasteiger partial charge in [0.05, 0.1) is 45.5 Å². The molecule has 244 valence electrons. The number of fused-ring (bicyclic) bond motifs is 2. The molecule has 2 N–H and O–H groups in total. The molecule has 16 heteroatoms. The Balaban J connectivity index is 1.26. The van der Waals surface area contributed by atoms with E-state index in [2.05, 4.69) is 20.0 Å². The number of morpholine rings is 1. The molecule has 0 atom stereocenters. The van der Waals surface area contributed by atoms with E-state index < -0.39 is 33.0 Å². The fourth-order valence-electron chi connectivity index (χ4n) is 5.39. The van der Waals surface area contributed by atoms with Crippen LogP contribution in [0.25, 0.3) is 27.8 Å². The number of carbonyl (C=O) groups is 1. The summed E-state index contributed by atoms with van der Waals surface area (Å²) in [5.41, 5.74) is 0.460. The van der Waals surface area contributed by atoms with Crippen molar-refractivity contribution >= 4 is 78.3 Å². The van der Waals surface area contributed by atoms with Crippen LogP contribution in [0.3, 0.4) is 0 Å². The lowest BCUT2D eigenvalue weighted by atomic mass is 10.1. The van der Waals surface area contributed by atoms with Crippen molar-refractivity contribution in [3.8, 4) is 5.82 Å². The molecular weight excluding hydrogens is 687 g/mol. The molecule has 1 amide bonds. The van der Waals surface area contributed by atoms with Crippen molar-refractivity contribution in [2.45, 2.75) is 4.90 Å². The van der Waals surface area contributed by atoms with Gasteiger partial charge in [0.25, 0.3) is 15.9 Å². The van der Waals surface area contributed by atoms with Crippen molar-refractivity contribution in [1.29, 1.82) is 0 Å². The zero-order valence-corrected chi connectivity index (χ0v) is 27.0. The van der Waals surface area contributed by atoms with Gasteiger partial charge < -0.3 is 19.5 Å². The van der Waals surface area contributed by atoms with E-state index in [9.17, 15) is 13.2 Å². The van der Waals surface area contributed by atoms with Gasteiger partial charge in [-0.15, -0.1) is 0 Å². The van der Waals surface area contributed by atoms with Crippen LogP contribution in [-0.2, 0) is 14.8 Å². The van der Waals surface area contributed by atoms with E-state index in [0.29, 0.717) is 48.7 Å². The molecule has 0 aliphatic carbocycles. The van der Waals surface area contributed by atoms with E-state index in [-0.39, 0.29) is 32.2 Å². The van der Waals surface area contributed by atoms with Crippen LogP contribution in [0.2, 0.25) is 10.0 Å². The van der Waals surface area contributed by atoms with Crippen LogP contribution in [0, 0.1) is 11.6 Å². The largest absolute Gasteiger partial charge is 0.378 e. The third kappa shape index (κ3) is 5.76. The van der Waals surface area contributed by atoms with Gasteiger partial charge in [-0.3, -0.25) is 9.52 Å². The van der Waals surface area contributed by atoms with Crippen molar-refractivity contribution < 1.29 is 26.7 Å². The van der Waals surface area contributed by atoms with E-state index in [1.165, 1.54) is 24.5 Å². The molecule has 7 rings (SSSR count). The molecule has 1 aliphatic heterocycles. The summed E-state index contributed by atoms with van der Waals surface area (Å²) in [6.45, 7) is 1.86. The first kappa shape index (κ1) is 31.7. The molecule has 48 heavy (non-hydrogen) atoms. The number of ether oxygens (including phenoxy) is 1. The highest BCUT2D eigenvalue weighted by molar-refractivity contribution is 7.92. The number of sulfonamides is 1. The van der Waals surface area contributed by atoms with E-state index in [4.69, 9.17) is 32.9 Å². The number of rotatable bonds is 7. The van der Waals surface area contributed by atoms with Crippen molar-refractivity contribution in [1.82, 2.24) is 24.4 Å². The number of amides is 1. The van der Waals surface area contributed by atoms with E-state index >= 15 is 8.78 Å². The molecule has 4 heterocycles. The Morgan fingerprint density at radius 3 is 2.54 bits per heavy atom. The topological polar surface area (TPSA) is 131 Å². The molecule has 3 aromatic heterocycles. The summed E-state index contributed by atoms with van der Waals surface area (Å²) in [7, 11) is -4.42. The van der Waals surface area contributed by atoms with E-state index in [1.807, 2.05) is 24.3 Å². The first-order chi connectivity index (χ1) is 23.1. The van der Waals surface area contributed by atoms with Gasteiger partial charge in [-0.05, 0) is 42.5 Å². The van der Waals surface area contributed by atoms with E-state index in [1.54, 1.807) is 27.8 Å². The predicted octanol–water partition coefficient (Wildman–Crippen LogP) is 6.57. The Bertz CT molecular complexity index is 2350. The minimum absolute atomic E-state index is 0.0168. The molecule has 3 aromatic carbocycles. The summed E-state index contributed by atoms with van der Waals surface area (Å²) in [6.07, 6.45) is 2.90. The van der Waals surface area contributed by atoms with Crippen molar-refractivity contribution in [2.24, 2.45) is 0 Å². The second kappa shape index (κ2) is 12.6. The number of hydrogen-bond acceptors (Lipinski definition) is 8. The fourth-order valence-corrected chi connectivity index (χ4v) is 7.21. The van der Waals surface area contributed by atoms with Gasteiger partial charge >= 0.3 is 0 Å². The summed E-state index contributed by atoms with van der Waals surface area (Å²) in [4.78, 5) is 28.0. The van der Waals surface area contributed by atoms with Gasteiger partial charge in [-0.25, -0.2) is 32.2 Å². The maximum atomic E-state index is 15.8. The average Bonchev–Trinajstić information content (AvgIpc) is 3.48. The third-order valence-corrected chi connectivity index (χ3v) is 10.1. The molecule has 1 saturated heterocycles. The normalized spacial score (nSPS) is 13.6. The van der Waals surface area contributed by atoms with Crippen LogP contribution >= 0.6 is 23.2 Å². The second-order valence-corrected chi connectivity index (χ2v) is 13.1. The first-order valence-electron chi connectivity index (χ1n) is 14.4. The molecule has 11 nitrogen and oxygen atoms in total. The summed E-state index contributed by atoms with van der Waals surface area (Å²) in [5.74, 6) is -2.08. The number of anilines is 3. The predicted molar refractivity (Wildman–Crippen MR) is 178 cm³/mol. The maximum Gasteiger partial charge on any atom is 0.263 e. The first-order valence-corrected chi connectivity index (χ1v) is 16.7. The lowest BCUT2D eigenvalue weighted by Crippen LogP contribution is -2.40. The Morgan fingerprint density at radius 2 is 1.73 bits per heavy atom. The lowest BCUT2D eigenvalue weighted by molar-refractivity contribution is 0.0304. The van der Waals surface area contributed by atoms with Crippen molar-refractivity contribution in [3.63, 3.8) is 0 Å². The number of benzene rings is 3. The van der Waals surface area contributed by atoms with Gasteiger partial charge in [0, 0.05) is 24.7 Å². The number of halogens is 4. The number of nitrogens with one attached hydrogen (secondary N) is 2. The fraction of sp³-hybridized carbons (Fsp3) is 0.125. The number of nitrogens with zero attached hydrogens (tertiary/aromatic N) is 5. The molecule has 0 spiro atoms. The van der Waals surface area contributed by atoms with Crippen LogP contribution in [-0.4, -0.2) is 65.0 Å². The molecule has 0 unspecified atom stereocenters. The highest BCUT2D eigenvalue weighted by atomic mass is 35.5. The average molecular weight is 711 g/mol.